The van der Waals surface area contributed by atoms with Crippen molar-refractivity contribution >= 4 is 11.9 Å². The summed E-state index contributed by atoms with van der Waals surface area (Å²) in [5.41, 5.74) is -0.274. The van der Waals surface area contributed by atoms with Crippen molar-refractivity contribution in [1.29, 1.82) is 0 Å². The van der Waals surface area contributed by atoms with Gasteiger partial charge in [-0.1, -0.05) is 13.3 Å². The van der Waals surface area contributed by atoms with Crippen LogP contribution in [0.25, 0.3) is 0 Å². The molecule has 0 aromatic carbocycles. The molecule has 80 valence electrons. The second kappa shape index (κ2) is 3.98. The quantitative estimate of drug-likeness (QED) is 0.714. The van der Waals surface area contributed by atoms with E-state index in [-0.39, 0.29) is 11.3 Å². The normalized spacial score (nSPS) is 20.7. The fourth-order valence-electron chi connectivity index (χ4n) is 1.76. The van der Waals surface area contributed by atoms with Gasteiger partial charge in [0.15, 0.2) is 0 Å². The van der Waals surface area contributed by atoms with Crippen molar-refractivity contribution < 1.29 is 14.7 Å². The van der Waals surface area contributed by atoms with Crippen LogP contribution < -0.4 is 5.32 Å². The Labute approximate surface area is 83.7 Å². The number of amides is 1. The van der Waals surface area contributed by atoms with E-state index < -0.39 is 12.0 Å². The van der Waals surface area contributed by atoms with Crippen molar-refractivity contribution in [1.82, 2.24) is 5.32 Å². The fraction of sp³-hybridized carbons (Fsp3) is 0.800. The lowest BCUT2D eigenvalue weighted by Gasteiger charge is -2.39. The van der Waals surface area contributed by atoms with E-state index in [1.165, 1.54) is 6.92 Å². The Morgan fingerprint density at radius 3 is 2.36 bits per heavy atom. The molecule has 1 saturated carbocycles. The lowest BCUT2D eigenvalue weighted by atomic mass is 9.66. The summed E-state index contributed by atoms with van der Waals surface area (Å²) < 4.78 is 0. The second-order valence-corrected chi connectivity index (χ2v) is 4.02. The third-order valence-electron chi connectivity index (χ3n) is 3.19. The van der Waals surface area contributed by atoms with Crippen molar-refractivity contribution in [2.45, 2.75) is 45.6 Å². The van der Waals surface area contributed by atoms with Crippen LogP contribution in [0, 0.1) is 5.41 Å². The van der Waals surface area contributed by atoms with E-state index in [1.54, 1.807) is 0 Å². The summed E-state index contributed by atoms with van der Waals surface area (Å²) in [5, 5.41) is 11.2. The monoisotopic (exact) mass is 199 g/mol. The summed E-state index contributed by atoms with van der Waals surface area (Å²) in [6, 6.07) is -0.786. The van der Waals surface area contributed by atoms with Crippen molar-refractivity contribution in [2.24, 2.45) is 5.41 Å². The third-order valence-corrected chi connectivity index (χ3v) is 3.19. The minimum atomic E-state index is -0.982. The Kier molecular flexibility index (Phi) is 3.13. The van der Waals surface area contributed by atoms with Gasteiger partial charge in [-0.2, -0.15) is 0 Å². The molecule has 0 spiro atoms. The predicted molar refractivity (Wildman–Crippen MR) is 51.8 cm³/mol. The average molecular weight is 199 g/mol. The number of carbonyl (C=O) groups excluding carboxylic acids is 1. The first-order valence-electron chi connectivity index (χ1n) is 5.05. The largest absolute Gasteiger partial charge is 0.480 e. The molecule has 0 heterocycles. The summed E-state index contributed by atoms with van der Waals surface area (Å²) in [6.45, 7) is 3.46. The Morgan fingerprint density at radius 1 is 1.50 bits per heavy atom. The van der Waals surface area contributed by atoms with Gasteiger partial charge in [0.1, 0.15) is 6.04 Å². The molecule has 0 aliphatic heterocycles. The van der Waals surface area contributed by atoms with E-state index in [9.17, 15) is 9.59 Å². The second-order valence-electron chi connectivity index (χ2n) is 4.02. The summed E-state index contributed by atoms with van der Waals surface area (Å²) in [4.78, 5) is 22.3. The highest BCUT2D eigenvalue weighted by atomic mass is 16.4. The van der Waals surface area contributed by atoms with Crippen LogP contribution in [0.5, 0.6) is 0 Å². The Balaban J connectivity index is 2.53. The summed E-state index contributed by atoms with van der Waals surface area (Å²) in [5.74, 6) is -1.08. The first-order chi connectivity index (χ1) is 6.52. The van der Waals surface area contributed by atoms with Gasteiger partial charge < -0.3 is 10.4 Å². The number of hydrogen-bond donors (Lipinski definition) is 2. The fourth-order valence-corrected chi connectivity index (χ4v) is 1.76. The molecular formula is C10H17NO3. The standard InChI is InChI=1S/C10H17NO3/c1-3-10(5-4-6-10)9(14)11-7(2)8(12)13/h7H,3-6H2,1-2H3,(H,11,14)(H,12,13)/t7-/m0/s1. The minimum absolute atomic E-state index is 0.0962. The zero-order valence-corrected chi connectivity index (χ0v) is 8.67. The Hall–Kier alpha value is -1.06. The molecule has 0 unspecified atom stereocenters. The lowest BCUT2D eigenvalue weighted by Crippen LogP contribution is -2.50. The average Bonchev–Trinajstić information content (AvgIpc) is 2.02. The summed E-state index contributed by atoms with van der Waals surface area (Å²) in [6.07, 6.45) is 3.65. The SMILES string of the molecule is CCC1(C(=O)N[C@@H](C)C(=O)O)CCC1. The van der Waals surface area contributed by atoms with Gasteiger partial charge in [0.05, 0.1) is 0 Å². The molecule has 1 rings (SSSR count). The highest BCUT2D eigenvalue weighted by Gasteiger charge is 2.42. The maximum Gasteiger partial charge on any atom is 0.325 e. The maximum atomic E-state index is 11.7. The van der Waals surface area contributed by atoms with E-state index in [1.807, 2.05) is 6.92 Å². The van der Waals surface area contributed by atoms with Crippen LogP contribution in [-0.2, 0) is 9.59 Å². The van der Waals surface area contributed by atoms with Crippen molar-refractivity contribution in [2.75, 3.05) is 0 Å². The lowest BCUT2D eigenvalue weighted by molar-refractivity contribution is -0.145. The molecule has 0 radical (unpaired) electrons. The molecule has 0 aromatic rings. The molecule has 2 N–H and O–H groups in total. The van der Waals surface area contributed by atoms with E-state index in [2.05, 4.69) is 5.32 Å². The van der Waals surface area contributed by atoms with Crippen LogP contribution in [0.2, 0.25) is 0 Å². The van der Waals surface area contributed by atoms with Crippen molar-refractivity contribution in [3.8, 4) is 0 Å². The highest BCUT2D eigenvalue weighted by Crippen LogP contribution is 2.43. The highest BCUT2D eigenvalue weighted by molar-refractivity contribution is 5.87. The Bertz CT molecular complexity index is 240. The van der Waals surface area contributed by atoms with Crippen LogP contribution in [0.1, 0.15) is 39.5 Å². The van der Waals surface area contributed by atoms with E-state index in [4.69, 9.17) is 5.11 Å². The van der Waals surface area contributed by atoms with E-state index in [0.717, 1.165) is 25.7 Å². The van der Waals surface area contributed by atoms with Gasteiger partial charge in [-0.3, -0.25) is 9.59 Å². The molecule has 0 aromatic heterocycles. The number of rotatable bonds is 4. The van der Waals surface area contributed by atoms with Gasteiger partial charge in [-0.05, 0) is 26.2 Å². The molecule has 1 aliphatic carbocycles. The number of nitrogens with one attached hydrogen (secondary N) is 1. The van der Waals surface area contributed by atoms with Crippen molar-refractivity contribution in [3.63, 3.8) is 0 Å². The minimum Gasteiger partial charge on any atom is -0.480 e. The van der Waals surface area contributed by atoms with Gasteiger partial charge in [0.2, 0.25) is 5.91 Å². The van der Waals surface area contributed by atoms with Crippen LogP contribution >= 0.6 is 0 Å². The zero-order chi connectivity index (χ0) is 10.8. The molecule has 14 heavy (non-hydrogen) atoms. The van der Waals surface area contributed by atoms with Gasteiger partial charge in [-0.15, -0.1) is 0 Å². The van der Waals surface area contributed by atoms with Gasteiger partial charge in [0.25, 0.3) is 0 Å². The maximum absolute atomic E-state index is 11.7. The van der Waals surface area contributed by atoms with E-state index in [0.29, 0.717) is 0 Å². The Morgan fingerprint density at radius 2 is 2.07 bits per heavy atom. The predicted octanol–water partition coefficient (Wildman–Crippen LogP) is 1.16. The smallest absolute Gasteiger partial charge is 0.325 e. The molecule has 4 heteroatoms. The molecule has 0 bridgehead atoms. The van der Waals surface area contributed by atoms with Crippen LogP contribution in [0.15, 0.2) is 0 Å². The first kappa shape index (κ1) is 11.0. The van der Waals surface area contributed by atoms with Crippen LogP contribution in [-0.4, -0.2) is 23.0 Å². The summed E-state index contributed by atoms with van der Waals surface area (Å²) >= 11 is 0. The number of hydrogen-bond acceptors (Lipinski definition) is 2. The third kappa shape index (κ3) is 1.89. The summed E-state index contributed by atoms with van der Waals surface area (Å²) in [7, 11) is 0. The molecule has 1 amide bonds. The van der Waals surface area contributed by atoms with Gasteiger partial charge >= 0.3 is 5.97 Å². The van der Waals surface area contributed by atoms with Gasteiger partial charge in [0, 0.05) is 5.41 Å². The molecular weight excluding hydrogens is 182 g/mol. The number of carboxylic acid groups (broad SMARTS) is 1. The molecule has 1 aliphatic rings. The number of carboxylic acids is 1. The molecule has 0 saturated heterocycles. The zero-order valence-electron chi connectivity index (χ0n) is 8.67. The van der Waals surface area contributed by atoms with Gasteiger partial charge in [-0.25, -0.2) is 0 Å². The first-order valence-corrected chi connectivity index (χ1v) is 5.05. The molecule has 4 nitrogen and oxygen atoms in total. The van der Waals surface area contributed by atoms with Crippen LogP contribution in [0.4, 0.5) is 0 Å². The topological polar surface area (TPSA) is 66.4 Å². The number of carbonyl (C=O) groups is 2. The van der Waals surface area contributed by atoms with Crippen LogP contribution in [0.3, 0.4) is 0 Å². The molecule has 1 atom stereocenters. The number of aliphatic carboxylic acids is 1. The van der Waals surface area contributed by atoms with Crippen molar-refractivity contribution in [3.05, 3.63) is 0 Å². The molecule has 1 fully saturated rings. The van der Waals surface area contributed by atoms with E-state index >= 15 is 0 Å².